The van der Waals surface area contributed by atoms with Gasteiger partial charge in [0.25, 0.3) is 46.0 Å². The van der Waals surface area contributed by atoms with Crippen LogP contribution in [-0.4, -0.2) is 185 Å². The highest BCUT2D eigenvalue weighted by molar-refractivity contribution is 7.71. The van der Waals surface area contributed by atoms with Crippen LogP contribution in [0.3, 0.4) is 0 Å². The van der Waals surface area contributed by atoms with Crippen molar-refractivity contribution in [2.75, 3.05) is 26.3 Å². The maximum absolute atomic E-state index is 15.8. The molecule has 0 spiro atoms. The predicted molar refractivity (Wildman–Crippen MR) is 406 cm³/mol. The molecule has 9 aliphatic heterocycles. The van der Waals surface area contributed by atoms with Crippen molar-refractivity contribution in [2.24, 2.45) is 0 Å². The SMILES string of the molecule is O=c1[nH]c(=S)n([C@@H]2O[C@](F)(COP3(=O)OCc4ccccc4O3)[C@@H](O)[C@H]2O)cc1Cl.[2H]C([2H])(OP1(=O)OCc2ccccc2O1)[C@@]1(F)O[C@@H](n2cc(Cl)c(=O)[nH]c2=S)[C@H](O)[C@@H]1O.[2H]C([2H])(OP1(=O)OCc2ccccc2O1)[C@@]1(F)O[C@@]([2H])(N2C=C(Cl)C(=O)NC2=C)[C@H](O)[C@@H]1O.[2H][C@@]1(n2cc(Cl)c(=O)[nH]c2=S)O[C@](F)(COP2(=O)OCc3ccccc3O2)[C@@H](O)[C@H]1O. The number of halogens is 8. The smallest absolute Gasteiger partial charge is 0.404 e. The molecular weight excluding hydrogens is 1840 g/mol. The number of aliphatic hydroxyl groups is 8. The number of carbonyl (C=O) groups excluding carboxylic acids is 1. The van der Waals surface area contributed by atoms with Crippen molar-refractivity contribution < 1.29 is 163 Å². The average Bonchev–Trinajstić information content (AvgIpc) is 1.57. The molecule has 1 amide bonds. The summed E-state index contributed by atoms with van der Waals surface area (Å²) in [5, 5.41) is 82.9. The summed E-state index contributed by atoms with van der Waals surface area (Å²) in [6, 6.07) is 25.6. The van der Waals surface area contributed by atoms with Gasteiger partial charge in [-0.25, -0.2) is 35.8 Å². The number of para-hydroxylation sites is 4. The third-order valence-electron chi connectivity index (χ3n) is 17.6. The Hall–Kier alpha value is -6.87. The molecule has 0 radical (unpaired) electrons. The lowest BCUT2D eigenvalue weighted by molar-refractivity contribution is -0.208. The Morgan fingerprint density at radius 2 is 0.767 bits per heavy atom. The van der Waals surface area contributed by atoms with Crippen molar-refractivity contribution in [3.8, 4) is 23.0 Å². The number of nitrogens with zero attached hydrogens (tertiary/aromatic N) is 4. The lowest BCUT2D eigenvalue weighted by Crippen LogP contribution is -2.47. The fraction of sp³-hybridized carbons (Fsp3) is 0.369. The molecule has 0 bridgehead atoms. The van der Waals surface area contributed by atoms with Crippen LogP contribution in [0.1, 0.15) is 49.1 Å². The van der Waals surface area contributed by atoms with Crippen LogP contribution in [0.4, 0.5) is 17.6 Å². The van der Waals surface area contributed by atoms with Crippen molar-refractivity contribution in [1.82, 2.24) is 38.9 Å². The molecule has 12 heterocycles. The summed E-state index contributed by atoms with van der Waals surface area (Å²) < 4.78 is 243. The number of benzene rings is 4. The maximum atomic E-state index is 15.8. The first kappa shape index (κ1) is 82.7. The molecule has 7 aromatic rings. The van der Waals surface area contributed by atoms with Crippen LogP contribution in [0.25, 0.3) is 0 Å². The first-order valence-corrected chi connectivity index (χ1v) is 42.2. The largest absolute Gasteiger partial charge is 0.530 e. The minimum Gasteiger partial charge on any atom is -0.404 e. The summed E-state index contributed by atoms with van der Waals surface area (Å²) in [6.45, 7) is -7.14. The highest BCUT2D eigenvalue weighted by Gasteiger charge is 2.62. The molecule has 0 aliphatic carbocycles. The first-order valence-electron chi connectivity index (χ1n) is 36.6. The topological polar surface area (TPSA) is 524 Å². The third-order valence-corrected chi connectivity index (χ3v) is 24.6. The van der Waals surface area contributed by atoms with Gasteiger partial charge in [0, 0.05) is 47.0 Å². The van der Waals surface area contributed by atoms with E-state index in [9.17, 15) is 78.3 Å². The van der Waals surface area contributed by atoms with Gasteiger partial charge in [-0.3, -0.25) is 84.0 Å². The van der Waals surface area contributed by atoms with Gasteiger partial charge in [-0.05, 0) is 60.9 Å². The minimum atomic E-state index is -4.78. The van der Waals surface area contributed by atoms with Crippen LogP contribution < -0.4 is 40.1 Å². The van der Waals surface area contributed by atoms with Crippen molar-refractivity contribution in [3.05, 3.63) is 222 Å². The number of phosphoric ester groups is 4. The van der Waals surface area contributed by atoms with Gasteiger partial charge in [0.2, 0.25) is 0 Å². The Morgan fingerprint density at radius 3 is 1.17 bits per heavy atom. The second kappa shape index (κ2) is 35.6. The molecule has 16 rings (SSSR count). The number of H-pyrrole nitrogens is 3. The van der Waals surface area contributed by atoms with Gasteiger partial charge in [0.15, 0.2) is 39.2 Å². The molecule has 20 atom stereocenters. The summed E-state index contributed by atoms with van der Waals surface area (Å²) in [6.07, 6.45) is -23.8. The molecule has 4 saturated heterocycles. The molecule has 648 valence electrons. The highest BCUT2D eigenvalue weighted by Crippen LogP contribution is 2.60. The van der Waals surface area contributed by atoms with Gasteiger partial charge in [-0.15, -0.1) is 0 Å². The summed E-state index contributed by atoms with van der Waals surface area (Å²) in [7, 11) is -18.0. The van der Waals surface area contributed by atoms with Crippen LogP contribution in [0.2, 0.25) is 15.1 Å². The van der Waals surface area contributed by atoms with Gasteiger partial charge in [0.05, 0.1) is 34.7 Å². The van der Waals surface area contributed by atoms with Gasteiger partial charge >= 0.3 is 31.3 Å². The number of ether oxygens (including phenoxy) is 4. The monoisotopic (exact) mass is 1910 g/mol. The van der Waals surface area contributed by atoms with Crippen molar-refractivity contribution in [3.63, 3.8) is 0 Å². The molecule has 40 nitrogen and oxygen atoms in total. The van der Waals surface area contributed by atoms with E-state index in [0.717, 1.165) is 33.9 Å². The molecular formula is C65H62Cl4F4N8O32P4S3. The van der Waals surface area contributed by atoms with Crippen LogP contribution in [-0.2, 0) is 105 Å². The van der Waals surface area contributed by atoms with Crippen molar-refractivity contribution >= 4 is 120 Å². The number of amides is 1. The predicted octanol–water partition coefficient (Wildman–Crippen LogP) is 8.08. The second-order valence-electron chi connectivity index (χ2n) is 25.7. The molecule has 120 heavy (non-hydrogen) atoms. The van der Waals surface area contributed by atoms with E-state index < -0.39 is 197 Å². The zero-order valence-corrected chi connectivity index (χ0v) is 68.5. The third kappa shape index (κ3) is 19.2. The molecule has 12 N–H and O–H groups in total. The number of phosphoric acid groups is 4. The second-order valence-corrected chi connectivity index (χ2v) is 34.7. The van der Waals surface area contributed by atoms with Crippen molar-refractivity contribution in [2.45, 2.75) is 124 Å². The van der Waals surface area contributed by atoms with Crippen LogP contribution >= 0.6 is 114 Å². The number of alkyl halides is 4. The molecule has 0 saturated carbocycles. The molecule has 3 aromatic heterocycles. The van der Waals surface area contributed by atoms with E-state index in [0.29, 0.717) is 31.7 Å². The van der Waals surface area contributed by atoms with Gasteiger partial charge in [-0.2, -0.15) is 0 Å². The Labute approximate surface area is 713 Å². The minimum absolute atomic E-state index is 0.0405. The summed E-state index contributed by atoms with van der Waals surface area (Å²) >= 11 is 37.7. The Kier molecular flexibility index (Phi) is 24.6. The molecule has 55 heteroatoms. The zero-order chi connectivity index (χ0) is 92.2. The Morgan fingerprint density at radius 1 is 0.467 bits per heavy atom. The quantitative estimate of drug-likeness (QED) is 0.0247. The van der Waals surface area contributed by atoms with E-state index in [1.165, 1.54) is 24.3 Å². The van der Waals surface area contributed by atoms with E-state index in [2.05, 4.69) is 26.8 Å². The Balaban J connectivity index is 0.000000144. The average molecular weight is 1910 g/mol. The molecule has 4 aromatic carbocycles. The number of aromatic amines is 3. The number of rotatable bonds is 16. The van der Waals surface area contributed by atoms with E-state index in [1.54, 1.807) is 72.8 Å². The maximum Gasteiger partial charge on any atom is 0.530 e. The van der Waals surface area contributed by atoms with E-state index >= 15 is 17.6 Å². The fourth-order valence-electron chi connectivity index (χ4n) is 11.4. The van der Waals surface area contributed by atoms with Gasteiger partial charge in [-0.1, -0.05) is 126 Å². The standard InChI is InChI=1S/C17H17ClFN2O8P.3C16H15ClFN2O8PS/c1-9-20-15(24)11(18)6-21(9)16-13(22)14(23)17(19,28-16)8-27-30(25)26-7-10-4-2-3-5-12(10)29-30;3*17-9-5-20(15(30)19-13(9)23)14-11(21)12(22)16(18,27-14)7-26-29(24)25-6-8-3-1-2-4-10(8)28-29/h2-6,13-14,16,22-23H,1,7-8H2,(H,20,24);3*1-5,11-12,14,21-22H,6-7H2,(H,19,23,30)/t13-,14+,16-,17-,30?;3*11-,12+,14-,16-,29?/m1111/s1/i8D2,16D;14D;7D2;. The van der Waals surface area contributed by atoms with Crippen LogP contribution in [0.5, 0.6) is 23.0 Å². The number of aromatic nitrogens is 6. The number of fused-ring (bicyclic) bond motifs is 4. The van der Waals surface area contributed by atoms with Crippen LogP contribution in [0.15, 0.2) is 154 Å². The van der Waals surface area contributed by atoms with E-state index in [-0.39, 0.29) is 69.8 Å². The number of nitrogens with one attached hydrogen (secondary N) is 4. The fourth-order valence-corrected chi connectivity index (χ4v) is 17.3. The summed E-state index contributed by atoms with van der Waals surface area (Å²) in [4.78, 5) is 53.3. The number of hydrogen-bond donors (Lipinski definition) is 12. The van der Waals surface area contributed by atoms with Crippen molar-refractivity contribution in [1.29, 1.82) is 0 Å². The first-order chi connectivity index (χ1) is 58.7. The summed E-state index contributed by atoms with van der Waals surface area (Å²) in [5.41, 5.74) is -0.0550. The number of hydrogen-bond acceptors (Lipinski definition) is 36. The number of aliphatic hydroxyl groups excluding tert-OH is 8. The summed E-state index contributed by atoms with van der Waals surface area (Å²) in [5.74, 6) is -14.6. The highest BCUT2D eigenvalue weighted by atomic mass is 35.5. The Bertz CT molecular complexity index is 6120. The molecule has 4 fully saturated rings. The zero-order valence-electron chi connectivity index (χ0n) is 65.5. The van der Waals surface area contributed by atoms with Gasteiger partial charge < -0.3 is 88.1 Å². The number of carbonyl (C=O) groups is 1. The molecule has 9 aliphatic rings. The van der Waals surface area contributed by atoms with E-state index in [4.69, 9.17) is 165 Å². The van der Waals surface area contributed by atoms with Crippen LogP contribution in [0, 0.1) is 14.3 Å². The molecule has 4 unspecified atom stereocenters. The lowest BCUT2D eigenvalue weighted by atomic mass is 10.1. The normalized spacial score (nSPS) is 36.1. The van der Waals surface area contributed by atoms with E-state index in [1.807, 2.05) is 0 Å². The van der Waals surface area contributed by atoms with Gasteiger partial charge in [0.1, 0.15) is 124 Å². The lowest BCUT2D eigenvalue weighted by Gasteiger charge is -2.33.